The highest BCUT2D eigenvalue weighted by molar-refractivity contribution is 5.50. The molecule has 31 heavy (non-hydrogen) atoms. The number of rotatable bonds is 3. The zero-order chi connectivity index (χ0) is 21.4. The Bertz CT molecular complexity index is 987. The van der Waals surface area contributed by atoms with Crippen LogP contribution in [-0.2, 0) is 6.42 Å². The number of nitrogens with zero attached hydrogens (tertiary/aromatic N) is 3. The third-order valence-electron chi connectivity index (χ3n) is 6.82. The Morgan fingerprint density at radius 3 is 2.39 bits per heavy atom. The highest BCUT2D eigenvalue weighted by atomic mass is 19.2. The van der Waals surface area contributed by atoms with Crippen LogP contribution >= 0.6 is 0 Å². The number of pyridine rings is 1. The van der Waals surface area contributed by atoms with Gasteiger partial charge in [0.15, 0.2) is 12.3 Å². The van der Waals surface area contributed by atoms with Crippen LogP contribution in [0.2, 0.25) is 0 Å². The number of halogens is 2. The summed E-state index contributed by atoms with van der Waals surface area (Å²) in [5.41, 5.74) is 1.62. The Morgan fingerprint density at radius 2 is 1.74 bits per heavy atom. The number of benzene rings is 1. The molecular weight excluding hydrogens is 396 g/mol. The SMILES string of the molecule is O[C@]1(C#Cc2ccc(N3C[C@@H](F)[C@H](F)C3)nc2Cc2ccccc2)CN2CCC1CC2. The predicted molar refractivity (Wildman–Crippen MR) is 116 cm³/mol. The second kappa shape index (κ2) is 8.22. The van der Waals surface area contributed by atoms with E-state index in [0.29, 0.717) is 18.8 Å². The molecule has 0 amide bonds. The topological polar surface area (TPSA) is 39.6 Å². The highest BCUT2D eigenvalue weighted by Crippen LogP contribution is 2.35. The van der Waals surface area contributed by atoms with Crippen LogP contribution in [0.3, 0.4) is 0 Å². The van der Waals surface area contributed by atoms with Crippen LogP contribution in [0.4, 0.5) is 14.6 Å². The average Bonchev–Trinajstić information content (AvgIpc) is 3.12. The first-order valence-corrected chi connectivity index (χ1v) is 11.0. The molecule has 5 heterocycles. The summed E-state index contributed by atoms with van der Waals surface area (Å²) in [6, 6.07) is 13.6. The fourth-order valence-corrected chi connectivity index (χ4v) is 4.97. The number of hydrogen-bond acceptors (Lipinski definition) is 4. The fourth-order valence-electron chi connectivity index (χ4n) is 4.97. The summed E-state index contributed by atoms with van der Waals surface area (Å²) >= 11 is 0. The van der Waals surface area contributed by atoms with Crippen LogP contribution in [-0.4, -0.2) is 65.7 Å². The Morgan fingerprint density at radius 1 is 1.03 bits per heavy atom. The maximum atomic E-state index is 13.7. The van der Waals surface area contributed by atoms with Crippen molar-refractivity contribution in [2.45, 2.75) is 37.2 Å². The standard InChI is InChI=1S/C25H27F2N3O/c26-21-15-30(16-22(21)27)24-7-6-19(23(28-24)14-18-4-2-1-3-5-18)8-11-25(31)17-29-12-9-20(25)10-13-29/h1-7,20-22,31H,9-10,12-17H2/t21-,22-,25-/m1/s1. The van der Waals surface area contributed by atoms with Crippen molar-refractivity contribution in [2.75, 3.05) is 37.6 Å². The van der Waals surface area contributed by atoms with E-state index in [9.17, 15) is 13.9 Å². The summed E-state index contributed by atoms with van der Waals surface area (Å²) in [4.78, 5) is 8.68. The van der Waals surface area contributed by atoms with Crippen LogP contribution in [0.5, 0.6) is 0 Å². The lowest BCUT2D eigenvalue weighted by molar-refractivity contribution is -0.0713. The summed E-state index contributed by atoms with van der Waals surface area (Å²) in [6.07, 6.45) is -0.445. The lowest BCUT2D eigenvalue weighted by Gasteiger charge is -2.47. The summed E-state index contributed by atoms with van der Waals surface area (Å²) in [5, 5.41) is 11.2. The number of alkyl halides is 2. The van der Waals surface area contributed by atoms with Gasteiger partial charge in [0.25, 0.3) is 0 Å². The highest BCUT2D eigenvalue weighted by Gasteiger charge is 2.44. The molecule has 0 spiro atoms. The van der Waals surface area contributed by atoms with E-state index < -0.39 is 17.9 Å². The van der Waals surface area contributed by atoms with Crippen LogP contribution in [0.1, 0.15) is 29.7 Å². The monoisotopic (exact) mass is 423 g/mol. The lowest BCUT2D eigenvalue weighted by atomic mass is 9.75. The minimum absolute atomic E-state index is 0.0151. The van der Waals surface area contributed by atoms with Crippen molar-refractivity contribution in [3.05, 3.63) is 59.3 Å². The summed E-state index contributed by atoms with van der Waals surface area (Å²) < 4.78 is 27.4. The van der Waals surface area contributed by atoms with Crippen molar-refractivity contribution in [3.63, 3.8) is 0 Å². The smallest absolute Gasteiger partial charge is 0.150 e. The molecule has 6 heteroatoms. The van der Waals surface area contributed by atoms with Gasteiger partial charge < -0.3 is 10.0 Å². The molecule has 2 aromatic rings. The molecule has 4 nitrogen and oxygen atoms in total. The van der Waals surface area contributed by atoms with E-state index >= 15 is 0 Å². The first-order chi connectivity index (χ1) is 15.0. The molecule has 4 aliphatic rings. The molecule has 0 radical (unpaired) electrons. The van der Waals surface area contributed by atoms with Crippen molar-refractivity contribution in [1.29, 1.82) is 0 Å². The number of fused-ring (bicyclic) bond motifs is 3. The quantitative estimate of drug-likeness (QED) is 0.771. The van der Waals surface area contributed by atoms with Gasteiger partial charge in [-0.05, 0) is 43.6 Å². The molecule has 4 saturated heterocycles. The van der Waals surface area contributed by atoms with Crippen molar-refractivity contribution >= 4 is 5.82 Å². The zero-order valence-corrected chi connectivity index (χ0v) is 17.5. The van der Waals surface area contributed by atoms with Gasteiger partial charge in [0, 0.05) is 24.4 Å². The first kappa shape index (κ1) is 20.4. The summed E-state index contributed by atoms with van der Waals surface area (Å²) in [7, 11) is 0. The van der Waals surface area contributed by atoms with Crippen LogP contribution in [0.25, 0.3) is 0 Å². The van der Waals surface area contributed by atoms with E-state index in [2.05, 4.69) is 16.7 Å². The zero-order valence-electron chi connectivity index (χ0n) is 17.5. The van der Waals surface area contributed by atoms with E-state index in [-0.39, 0.29) is 19.0 Å². The third-order valence-corrected chi connectivity index (χ3v) is 6.82. The number of aliphatic hydroxyl groups is 1. The van der Waals surface area contributed by atoms with Crippen molar-refractivity contribution in [3.8, 4) is 11.8 Å². The maximum absolute atomic E-state index is 13.7. The normalized spacial score (nSPS) is 32.0. The number of piperidine rings is 3. The predicted octanol–water partition coefficient (Wildman–Crippen LogP) is 2.98. The van der Waals surface area contributed by atoms with Gasteiger partial charge in [-0.2, -0.15) is 0 Å². The van der Waals surface area contributed by atoms with Crippen LogP contribution in [0.15, 0.2) is 42.5 Å². The van der Waals surface area contributed by atoms with E-state index in [1.54, 1.807) is 11.0 Å². The van der Waals surface area contributed by atoms with E-state index in [0.717, 1.165) is 42.8 Å². The molecule has 1 N–H and O–H groups in total. The molecule has 4 fully saturated rings. The van der Waals surface area contributed by atoms with Gasteiger partial charge in [0.1, 0.15) is 11.4 Å². The average molecular weight is 424 g/mol. The molecule has 3 atom stereocenters. The Balaban J connectivity index is 1.46. The Hall–Kier alpha value is -2.49. The molecule has 4 aliphatic heterocycles. The fraction of sp³-hybridized carbons (Fsp3) is 0.480. The Labute approximate surface area is 181 Å². The van der Waals surface area contributed by atoms with Gasteiger partial charge in [-0.15, -0.1) is 0 Å². The molecule has 162 valence electrons. The van der Waals surface area contributed by atoms with Gasteiger partial charge >= 0.3 is 0 Å². The molecule has 0 aliphatic carbocycles. The van der Waals surface area contributed by atoms with Crippen LogP contribution in [0, 0.1) is 17.8 Å². The van der Waals surface area contributed by atoms with Gasteiger partial charge in [0.05, 0.1) is 18.8 Å². The second-order valence-corrected chi connectivity index (χ2v) is 8.99. The molecule has 1 aromatic carbocycles. The maximum Gasteiger partial charge on any atom is 0.150 e. The second-order valence-electron chi connectivity index (χ2n) is 8.99. The lowest BCUT2D eigenvalue weighted by Crippen LogP contribution is -2.58. The summed E-state index contributed by atoms with van der Waals surface area (Å²) in [5.74, 6) is 7.15. The van der Waals surface area contributed by atoms with Crippen molar-refractivity contribution < 1.29 is 13.9 Å². The molecule has 6 rings (SSSR count). The van der Waals surface area contributed by atoms with E-state index in [1.165, 1.54) is 0 Å². The van der Waals surface area contributed by atoms with Gasteiger partial charge in [0.2, 0.25) is 0 Å². The minimum Gasteiger partial charge on any atom is -0.376 e. The third kappa shape index (κ3) is 4.17. The minimum atomic E-state index is -1.48. The number of aromatic nitrogens is 1. The van der Waals surface area contributed by atoms with Gasteiger partial charge in [-0.25, -0.2) is 13.8 Å². The van der Waals surface area contributed by atoms with Crippen molar-refractivity contribution in [1.82, 2.24) is 9.88 Å². The molecule has 2 bridgehead atoms. The van der Waals surface area contributed by atoms with Gasteiger partial charge in [-0.1, -0.05) is 42.2 Å². The Kier molecular flexibility index (Phi) is 5.41. The molecule has 1 aromatic heterocycles. The van der Waals surface area contributed by atoms with E-state index in [4.69, 9.17) is 4.98 Å². The molecule has 0 saturated carbocycles. The van der Waals surface area contributed by atoms with Gasteiger partial charge in [-0.3, -0.25) is 4.90 Å². The number of hydrogen-bond donors (Lipinski definition) is 1. The van der Waals surface area contributed by atoms with Crippen molar-refractivity contribution in [2.24, 2.45) is 5.92 Å². The molecular formula is C25H27F2N3O. The van der Waals surface area contributed by atoms with Crippen LogP contribution < -0.4 is 4.90 Å². The van der Waals surface area contributed by atoms with E-state index in [1.807, 2.05) is 36.4 Å². The first-order valence-electron chi connectivity index (χ1n) is 11.0. The number of anilines is 1. The summed E-state index contributed by atoms with van der Waals surface area (Å²) in [6.45, 7) is 2.69. The molecule has 0 unspecified atom stereocenters. The largest absolute Gasteiger partial charge is 0.376 e.